The summed E-state index contributed by atoms with van der Waals surface area (Å²) >= 11 is 0. The summed E-state index contributed by atoms with van der Waals surface area (Å²) in [5.74, 6) is -1.16. The number of aliphatic carboxylic acids is 1. The maximum Gasteiger partial charge on any atom is 0.323 e. The van der Waals surface area contributed by atoms with Crippen LogP contribution in [-0.4, -0.2) is 38.4 Å². The zero-order valence-electron chi connectivity index (χ0n) is 8.79. The zero-order chi connectivity index (χ0) is 12.1. The Balaban J connectivity index is 2.63. The number of carbonyl (C=O) groups is 1. The summed E-state index contributed by atoms with van der Waals surface area (Å²) in [5.41, 5.74) is 0.342. The summed E-state index contributed by atoms with van der Waals surface area (Å²) < 4.78 is 0. The molecule has 0 aliphatic carbocycles. The van der Waals surface area contributed by atoms with Gasteiger partial charge in [0.25, 0.3) is 0 Å². The van der Waals surface area contributed by atoms with Gasteiger partial charge in [0.1, 0.15) is 11.8 Å². The second-order valence-corrected chi connectivity index (χ2v) is 3.41. The van der Waals surface area contributed by atoms with Gasteiger partial charge in [-0.2, -0.15) is 0 Å². The molecule has 1 unspecified atom stereocenters. The third-order valence-electron chi connectivity index (χ3n) is 2.10. The van der Waals surface area contributed by atoms with Crippen LogP contribution in [0.5, 0.6) is 5.75 Å². The molecule has 0 saturated heterocycles. The first-order valence-electron chi connectivity index (χ1n) is 4.79. The molecule has 0 radical (unpaired) electrons. The summed E-state index contributed by atoms with van der Waals surface area (Å²) in [4.78, 5) is 14.6. The van der Waals surface area contributed by atoms with E-state index < -0.39 is 18.1 Å². The number of nitrogens with zero attached hydrogens (tertiary/aromatic N) is 1. The Hall–Kier alpha value is -1.66. The van der Waals surface area contributed by atoms with Crippen molar-refractivity contribution >= 4 is 5.97 Å². The van der Waals surface area contributed by atoms with E-state index in [1.165, 1.54) is 19.2 Å². The van der Waals surface area contributed by atoms with E-state index in [4.69, 9.17) is 5.11 Å². The second kappa shape index (κ2) is 5.43. The molecule has 1 aromatic heterocycles. The highest BCUT2D eigenvalue weighted by Crippen LogP contribution is 2.12. The quantitative estimate of drug-likeness (QED) is 0.550. The van der Waals surface area contributed by atoms with Crippen molar-refractivity contribution in [1.29, 1.82) is 0 Å². The first kappa shape index (κ1) is 12.4. The Morgan fingerprint density at radius 2 is 2.31 bits per heavy atom. The van der Waals surface area contributed by atoms with Crippen LogP contribution in [-0.2, 0) is 11.3 Å². The molecule has 0 aliphatic heterocycles. The second-order valence-electron chi connectivity index (χ2n) is 3.41. The molecule has 6 heteroatoms. The molecule has 88 valence electrons. The fourth-order valence-corrected chi connectivity index (χ4v) is 1.24. The van der Waals surface area contributed by atoms with Gasteiger partial charge in [-0.3, -0.25) is 15.1 Å². The van der Waals surface area contributed by atoms with Crippen LogP contribution in [0.4, 0.5) is 0 Å². The lowest BCUT2D eigenvalue weighted by molar-refractivity contribution is -0.142. The van der Waals surface area contributed by atoms with Crippen molar-refractivity contribution in [3.63, 3.8) is 0 Å². The predicted molar refractivity (Wildman–Crippen MR) is 55.8 cm³/mol. The van der Waals surface area contributed by atoms with Gasteiger partial charge in [-0.25, -0.2) is 0 Å². The summed E-state index contributed by atoms with van der Waals surface area (Å²) in [7, 11) is 0. The molecule has 1 heterocycles. The summed E-state index contributed by atoms with van der Waals surface area (Å²) in [6, 6.07) is 1.95. The van der Waals surface area contributed by atoms with Gasteiger partial charge >= 0.3 is 5.97 Å². The summed E-state index contributed by atoms with van der Waals surface area (Å²) in [5, 5.41) is 30.0. The average Bonchev–Trinajstić information content (AvgIpc) is 2.20. The molecule has 0 bridgehead atoms. The molecule has 0 spiro atoms. The van der Waals surface area contributed by atoms with Gasteiger partial charge in [0, 0.05) is 12.7 Å². The SMILES string of the molecule is CC(O)[C@H](NCc1ncccc1O)C(=O)O. The van der Waals surface area contributed by atoms with Gasteiger partial charge in [0.05, 0.1) is 11.8 Å². The third-order valence-corrected chi connectivity index (χ3v) is 2.10. The molecule has 1 aromatic rings. The molecule has 0 fully saturated rings. The highest BCUT2D eigenvalue weighted by atomic mass is 16.4. The molecule has 1 rings (SSSR count). The molecular weight excluding hydrogens is 212 g/mol. The molecule has 0 amide bonds. The minimum absolute atomic E-state index is 0.00951. The van der Waals surface area contributed by atoms with Crippen LogP contribution in [0.1, 0.15) is 12.6 Å². The third kappa shape index (κ3) is 3.18. The Labute approximate surface area is 92.6 Å². The molecule has 6 nitrogen and oxygen atoms in total. The molecular formula is C10H14N2O4. The van der Waals surface area contributed by atoms with E-state index in [-0.39, 0.29) is 12.3 Å². The molecule has 16 heavy (non-hydrogen) atoms. The maximum atomic E-state index is 10.7. The lowest BCUT2D eigenvalue weighted by atomic mass is 10.2. The van der Waals surface area contributed by atoms with E-state index in [0.29, 0.717) is 5.69 Å². The predicted octanol–water partition coefficient (Wildman–Crippen LogP) is -0.289. The van der Waals surface area contributed by atoms with Crippen LogP contribution in [0.25, 0.3) is 0 Å². The highest BCUT2D eigenvalue weighted by molar-refractivity contribution is 5.74. The van der Waals surface area contributed by atoms with Crippen molar-refractivity contribution in [1.82, 2.24) is 10.3 Å². The molecule has 0 saturated carbocycles. The van der Waals surface area contributed by atoms with Crippen molar-refractivity contribution in [2.75, 3.05) is 0 Å². The lowest BCUT2D eigenvalue weighted by Gasteiger charge is -2.16. The summed E-state index contributed by atoms with van der Waals surface area (Å²) in [6.45, 7) is 1.46. The first-order chi connectivity index (χ1) is 7.52. The van der Waals surface area contributed by atoms with Crippen LogP contribution >= 0.6 is 0 Å². The Morgan fingerprint density at radius 3 is 2.81 bits per heavy atom. The van der Waals surface area contributed by atoms with E-state index in [2.05, 4.69) is 10.3 Å². The van der Waals surface area contributed by atoms with Gasteiger partial charge in [-0.05, 0) is 19.1 Å². The van der Waals surface area contributed by atoms with Crippen LogP contribution in [0, 0.1) is 0 Å². The number of nitrogens with one attached hydrogen (secondary N) is 1. The number of carboxylic acids is 1. The monoisotopic (exact) mass is 226 g/mol. The van der Waals surface area contributed by atoms with Crippen LogP contribution < -0.4 is 5.32 Å². The van der Waals surface area contributed by atoms with E-state index in [0.717, 1.165) is 0 Å². The average molecular weight is 226 g/mol. The van der Waals surface area contributed by atoms with E-state index in [9.17, 15) is 15.0 Å². The van der Waals surface area contributed by atoms with E-state index in [1.807, 2.05) is 0 Å². The van der Waals surface area contributed by atoms with Crippen LogP contribution in [0.15, 0.2) is 18.3 Å². The highest BCUT2D eigenvalue weighted by Gasteiger charge is 2.22. The number of hydrogen-bond donors (Lipinski definition) is 4. The smallest absolute Gasteiger partial charge is 0.323 e. The first-order valence-corrected chi connectivity index (χ1v) is 4.79. The van der Waals surface area contributed by atoms with Gasteiger partial charge in [0.2, 0.25) is 0 Å². The molecule has 0 aliphatic rings. The number of hydrogen-bond acceptors (Lipinski definition) is 5. The van der Waals surface area contributed by atoms with E-state index >= 15 is 0 Å². The minimum atomic E-state index is -1.15. The van der Waals surface area contributed by atoms with Crippen LogP contribution in [0.3, 0.4) is 0 Å². The van der Waals surface area contributed by atoms with Gasteiger partial charge < -0.3 is 15.3 Å². The lowest BCUT2D eigenvalue weighted by Crippen LogP contribution is -2.44. The normalized spacial score (nSPS) is 14.4. The Morgan fingerprint density at radius 1 is 1.62 bits per heavy atom. The van der Waals surface area contributed by atoms with Crippen molar-refractivity contribution in [3.8, 4) is 5.75 Å². The van der Waals surface area contributed by atoms with Crippen molar-refractivity contribution in [2.45, 2.75) is 25.6 Å². The fourth-order valence-electron chi connectivity index (χ4n) is 1.24. The van der Waals surface area contributed by atoms with Crippen molar-refractivity contribution in [3.05, 3.63) is 24.0 Å². The molecule has 4 N–H and O–H groups in total. The van der Waals surface area contributed by atoms with E-state index in [1.54, 1.807) is 6.07 Å². The van der Waals surface area contributed by atoms with Gasteiger partial charge in [-0.1, -0.05) is 0 Å². The Kier molecular flexibility index (Phi) is 4.21. The standard InChI is InChI=1S/C10H14N2O4/c1-6(13)9(10(15)16)12-5-7-8(14)3-2-4-11-7/h2-4,6,9,12-14H,5H2,1H3,(H,15,16)/t6?,9-/m0/s1. The fraction of sp³-hybridized carbons (Fsp3) is 0.400. The number of aromatic nitrogens is 1. The number of aromatic hydroxyl groups is 1. The minimum Gasteiger partial charge on any atom is -0.506 e. The van der Waals surface area contributed by atoms with Crippen molar-refractivity contribution in [2.24, 2.45) is 0 Å². The number of aliphatic hydroxyl groups excluding tert-OH is 1. The number of aliphatic hydroxyl groups is 1. The largest absolute Gasteiger partial charge is 0.506 e. The maximum absolute atomic E-state index is 10.7. The van der Waals surface area contributed by atoms with Crippen LogP contribution in [0.2, 0.25) is 0 Å². The van der Waals surface area contributed by atoms with Gasteiger partial charge in [0.15, 0.2) is 0 Å². The molecule has 0 aromatic carbocycles. The number of pyridine rings is 1. The topological polar surface area (TPSA) is 103 Å². The molecule has 2 atom stereocenters. The number of rotatable bonds is 5. The van der Waals surface area contributed by atoms with Crippen molar-refractivity contribution < 1.29 is 20.1 Å². The zero-order valence-corrected chi connectivity index (χ0v) is 8.79. The number of carboxylic acid groups (broad SMARTS) is 1. The Bertz CT molecular complexity index is 368. The summed E-state index contributed by atoms with van der Waals surface area (Å²) in [6.07, 6.45) is 0.470. The van der Waals surface area contributed by atoms with Gasteiger partial charge in [-0.15, -0.1) is 0 Å².